The van der Waals surface area contributed by atoms with Gasteiger partial charge in [0, 0.05) is 25.5 Å². The zero-order valence-electron chi connectivity index (χ0n) is 15.7. The number of benzene rings is 1. The Morgan fingerprint density at radius 1 is 1.30 bits per heavy atom. The lowest BCUT2D eigenvalue weighted by atomic mass is 10.1. The van der Waals surface area contributed by atoms with Crippen LogP contribution in [0.1, 0.15) is 16.8 Å². The number of hydrogen-bond donors (Lipinski definition) is 4. The van der Waals surface area contributed by atoms with Crippen LogP contribution in [0.3, 0.4) is 0 Å². The summed E-state index contributed by atoms with van der Waals surface area (Å²) in [5.74, 6) is -0.0225. The lowest BCUT2D eigenvalue weighted by Crippen LogP contribution is -2.32. The predicted molar refractivity (Wildman–Crippen MR) is 107 cm³/mol. The van der Waals surface area contributed by atoms with E-state index in [0.29, 0.717) is 11.6 Å². The largest absolute Gasteiger partial charge is 0.397 e. The number of nitrogens with two attached hydrogens (primary N) is 1. The molecule has 1 amide bonds. The van der Waals surface area contributed by atoms with Crippen molar-refractivity contribution in [2.75, 3.05) is 25.5 Å². The number of hydrogen-bond acceptors (Lipinski definition) is 7. The molecule has 0 saturated carbocycles. The highest BCUT2D eigenvalue weighted by atomic mass is 16.3. The fourth-order valence-corrected chi connectivity index (χ4v) is 2.47. The summed E-state index contributed by atoms with van der Waals surface area (Å²) in [5, 5.41) is 14.5. The Bertz CT molecular complexity index is 856. The highest BCUT2D eigenvalue weighted by molar-refractivity contribution is 6.44. The second-order valence-corrected chi connectivity index (χ2v) is 5.95. The molecule has 2 aromatic rings. The molecule has 0 bridgehead atoms. The maximum absolute atomic E-state index is 12.0. The van der Waals surface area contributed by atoms with Crippen LogP contribution in [-0.2, 0) is 4.79 Å². The molecule has 142 valence electrons. The van der Waals surface area contributed by atoms with Gasteiger partial charge in [0.1, 0.15) is 5.71 Å². The van der Waals surface area contributed by atoms with Crippen LogP contribution in [-0.4, -0.2) is 46.9 Å². The third kappa shape index (κ3) is 5.89. The number of aliphatic imine (C=N–C) groups is 1. The number of nitrogens with zero attached hydrogens (tertiary/aromatic N) is 3. The molecule has 0 saturated heterocycles. The quantitative estimate of drug-likeness (QED) is 0.546. The van der Waals surface area contributed by atoms with Gasteiger partial charge in [0.05, 0.1) is 18.0 Å². The van der Waals surface area contributed by atoms with Crippen LogP contribution in [0.15, 0.2) is 41.5 Å². The minimum atomic E-state index is -0.419. The van der Waals surface area contributed by atoms with Crippen LogP contribution in [0.4, 0.5) is 11.6 Å². The number of aliphatic hydroxyl groups excluding tert-OH is 1. The molecule has 5 N–H and O–H groups in total. The van der Waals surface area contributed by atoms with Gasteiger partial charge in [-0.1, -0.05) is 6.07 Å². The molecule has 0 atom stereocenters. The number of carbonyl (C=O) groups is 1. The summed E-state index contributed by atoms with van der Waals surface area (Å²) in [5.41, 5.74) is 10.1. The summed E-state index contributed by atoms with van der Waals surface area (Å²) in [6.45, 7) is 4.03. The van der Waals surface area contributed by atoms with Crippen molar-refractivity contribution in [3.8, 4) is 0 Å². The molecular weight excluding hydrogens is 344 g/mol. The molecule has 0 aliphatic carbocycles. The first-order valence-electron chi connectivity index (χ1n) is 8.44. The standard InChI is InChI=1S/C19H24N6O2/c1-12-8-13(2)10-14(9-12)24-19-23-5-4-16(25-19)15(20)11-17(21-3)18(27)22-6-7-26/h4-5,8-11,26H,6-7,20H2,1-3H3,(H,22,27)(H,23,24,25)/b15-11-,21-17?. The molecule has 1 aromatic carbocycles. The summed E-state index contributed by atoms with van der Waals surface area (Å²) in [6.07, 6.45) is 3.03. The molecule has 8 heteroatoms. The molecule has 2 rings (SSSR count). The number of anilines is 2. The highest BCUT2D eigenvalue weighted by Crippen LogP contribution is 2.18. The molecule has 0 radical (unpaired) electrons. The molecule has 1 heterocycles. The predicted octanol–water partition coefficient (Wildman–Crippen LogP) is 1.32. The lowest BCUT2D eigenvalue weighted by molar-refractivity contribution is -0.114. The zero-order chi connectivity index (χ0) is 19.8. The van der Waals surface area contributed by atoms with Gasteiger partial charge in [0.25, 0.3) is 5.91 Å². The third-order valence-corrected chi connectivity index (χ3v) is 3.59. The van der Waals surface area contributed by atoms with Crippen LogP contribution < -0.4 is 16.4 Å². The summed E-state index contributed by atoms with van der Waals surface area (Å²) >= 11 is 0. The Morgan fingerprint density at radius 3 is 2.63 bits per heavy atom. The van der Waals surface area contributed by atoms with Gasteiger partial charge in [-0.2, -0.15) is 0 Å². The van der Waals surface area contributed by atoms with Crippen molar-refractivity contribution >= 4 is 29.0 Å². The molecule has 27 heavy (non-hydrogen) atoms. The molecular formula is C19H24N6O2. The molecule has 0 fully saturated rings. The van der Waals surface area contributed by atoms with Gasteiger partial charge in [0.15, 0.2) is 0 Å². The molecule has 0 unspecified atom stereocenters. The normalized spacial score (nSPS) is 12.0. The molecule has 8 nitrogen and oxygen atoms in total. The second kappa shape index (κ2) is 9.44. The van der Waals surface area contributed by atoms with Gasteiger partial charge in [-0.3, -0.25) is 9.79 Å². The molecule has 1 aromatic heterocycles. The van der Waals surface area contributed by atoms with E-state index in [2.05, 4.69) is 31.7 Å². The van der Waals surface area contributed by atoms with Crippen LogP contribution in [0.5, 0.6) is 0 Å². The van der Waals surface area contributed by atoms with Crippen LogP contribution >= 0.6 is 0 Å². The summed E-state index contributed by atoms with van der Waals surface area (Å²) in [7, 11) is 1.49. The fraction of sp³-hybridized carbons (Fsp3) is 0.263. The van der Waals surface area contributed by atoms with Crippen molar-refractivity contribution in [3.63, 3.8) is 0 Å². The van der Waals surface area contributed by atoms with E-state index in [1.807, 2.05) is 26.0 Å². The van der Waals surface area contributed by atoms with E-state index in [0.717, 1.165) is 16.8 Å². The smallest absolute Gasteiger partial charge is 0.269 e. The number of aromatic nitrogens is 2. The van der Waals surface area contributed by atoms with Gasteiger partial charge in [-0.25, -0.2) is 9.97 Å². The van der Waals surface area contributed by atoms with Gasteiger partial charge in [-0.15, -0.1) is 0 Å². The van der Waals surface area contributed by atoms with Crippen LogP contribution in [0.2, 0.25) is 0 Å². The minimum Gasteiger partial charge on any atom is -0.397 e. The number of aryl methyl sites for hydroxylation is 2. The van der Waals surface area contributed by atoms with E-state index < -0.39 is 5.91 Å². The zero-order valence-corrected chi connectivity index (χ0v) is 15.7. The van der Waals surface area contributed by atoms with Crippen molar-refractivity contribution in [2.24, 2.45) is 10.7 Å². The number of amides is 1. The summed E-state index contributed by atoms with van der Waals surface area (Å²) in [4.78, 5) is 24.5. The van der Waals surface area contributed by atoms with E-state index in [4.69, 9.17) is 10.8 Å². The first kappa shape index (κ1) is 20.1. The van der Waals surface area contributed by atoms with E-state index in [1.165, 1.54) is 13.1 Å². The number of nitrogens with one attached hydrogen (secondary N) is 2. The number of rotatable bonds is 7. The minimum absolute atomic E-state index is 0.142. The maximum Gasteiger partial charge on any atom is 0.269 e. The van der Waals surface area contributed by atoms with Gasteiger partial charge in [0.2, 0.25) is 5.95 Å². The lowest BCUT2D eigenvalue weighted by Gasteiger charge is -2.09. The highest BCUT2D eigenvalue weighted by Gasteiger charge is 2.10. The molecule has 0 aliphatic heterocycles. The maximum atomic E-state index is 12.0. The van der Waals surface area contributed by atoms with Crippen molar-refractivity contribution in [1.29, 1.82) is 0 Å². The summed E-state index contributed by atoms with van der Waals surface area (Å²) < 4.78 is 0. The first-order chi connectivity index (χ1) is 12.9. The van der Waals surface area contributed by atoms with E-state index >= 15 is 0 Å². The van der Waals surface area contributed by atoms with E-state index in [9.17, 15) is 4.79 Å². The molecule has 0 spiro atoms. The van der Waals surface area contributed by atoms with Gasteiger partial charge in [-0.05, 0) is 49.2 Å². The SMILES string of the molecule is CN=C(/C=C(\N)c1ccnc(Nc2cc(C)cc(C)c2)n1)C(=O)NCCO. The Morgan fingerprint density at radius 2 is 2.00 bits per heavy atom. The van der Waals surface area contributed by atoms with Gasteiger partial charge >= 0.3 is 0 Å². The van der Waals surface area contributed by atoms with Crippen molar-refractivity contribution in [1.82, 2.24) is 15.3 Å². The Balaban J connectivity index is 2.21. The Hall–Kier alpha value is -3.26. The van der Waals surface area contributed by atoms with Crippen molar-refractivity contribution in [3.05, 3.63) is 53.4 Å². The summed E-state index contributed by atoms with van der Waals surface area (Å²) in [6, 6.07) is 7.72. The van der Waals surface area contributed by atoms with E-state index in [1.54, 1.807) is 12.3 Å². The average molecular weight is 368 g/mol. The first-order valence-corrected chi connectivity index (χ1v) is 8.44. The Kier molecular flexibility index (Phi) is 7.01. The van der Waals surface area contributed by atoms with Crippen molar-refractivity contribution in [2.45, 2.75) is 13.8 Å². The number of aliphatic hydroxyl groups is 1. The third-order valence-electron chi connectivity index (χ3n) is 3.59. The van der Waals surface area contributed by atoms with Gasteiger partial charge < -0.3 is 21.5 Å². The fourth-order valence-electron chi connectivity index (χ4n) is 2.47. The Labute approximate surface area is 158 Å². The monoisotopic (exact) mass is 368 g/mol. The van der Waals surface area contributed by atoms with Crippen LogP contribution in [0.25, 0.3) is 5.70 Å². The topological polar surface area (TPSA) is 126 Å². The van der Waals surface area contributed by atoms with E-state index in [-0.39, 0.29) is 24.6 Å². The second-order valence-electron chi connectivity index (χ2n) is 5.95. The van der Waals surface area contributed by atoms with Crippen molar-refractivity contribution < 1.29 is 9.90 Å². The molecule has 0 aliphatic rings. The van der Waals surface area contributed by atoms with Crippen LogP contribution in [0, 0.1) is 13.8 Å². The average Bonchev–Trinajstić information content (AvgIpc) is 2.63. The number of carbonyl (C=O) groups excluding carboxylic acids is 1.